The second-order valence-corrected chi connectivity index (χ2v) is 6.01. The van der Waals surface area contributed by atoms with Crippen LogP contribution in [0, 0.1) is 3.57 Å². The Morgan fingerprint density at radius 3 is 2.68 bits per heavy atom. The quantitative estimate of drug-likeness (QED) is 0.607. The van der Waals surface area contributed by atoms with E-state index in [1.165, 1.54) is 0 Å². The number of hydrogen-bond donors (Lipinski definition) is 1. The number of anilines is 1. The van der Waals surface area contributed by atoms with Crippen molar-refractivity contribution < 1.29 is 0 Å². The van der Waals surface area contributed by atoms with Crippen molar-refractivity contribution in [3.63, 3.8) is 0 Å². The molecule has 0 unspecified atom stereocenters. The van der Waals surface area contributed by atoms with Gasteiger partial charge in [-0.2, -0.15) is 0 Å². The van der Waals surface area contributed by atoms with E-state index in [0.29, 0.717) is 16.0 Å². The zero-order valence-electron chi connectivity index (χ0n) is 9.57. The summed E-state index contributed by atoms with van der Waals surface area (Å²) in [7, 11) is 0. The number of benzene rings is 2. The molecule has 1 heterocycles. The molecule has 0 bridgehead atoms. The molecule has 0 spiro atoms. The molecule has 0 aliphatic rings. The standard InChI is InChI=1S/C13H8Cl2IN3/c14-7-4-5-11(9(16)6-7)19-12-8(15)2-1-3-10(12)18-13(19)17/h1-6H,(H2,17,18). The molecule has 3 rings (SSSR count). The number of hydrogen-bond acceptors (Lipinski definition) is 2. The fourth-order valence-corrected chi connectivity index (χ4v) is 3.38. The van der Waals surface area contributed by atoms with E-state index in [2.05, 4.69) is 27.6 Å². The van der Waals surface area contributed by atoms with E-state index in [-0.39, 0.29) is 0 Å². The Kier molecular flexibility index (Phi) is 3.32. The van der Waals surface area contributed by atoms with Gasteiger partial charge in [0.05, 0.1) is 21.7 Å². The number of imidazole rings is 1. The molecular formula is C13H8Cl2IN3. The van der Waals surface area contributed by atoms with E-state index < -0.39 is 0 Å². The van der Waals surface area contributed by atoms with Crippen molar-refractivity contribution in [1.29, 1.82) is 0 Å². The Morgan fingerprint density at radius 1 is 1.16 bits per heavy atom. The zero-order valence-corrected chi connectivity index (χ0v) is 13.2. The van der Waals surface area contributed by atoms with Gasteiger partial charge in [-0.15, -0.1) is 0 Å². The summed E-state index contributed by atoms with van der Waals surface area (Å²) in [4.78, 5) is 4.33. The van der Waals surface area contributed by atoms with Crippen LogP contribution in [0.5, 0.6) is 0 Å². The average Bonchev–Trinajstić information content (AvgIpc) is 2.67. The third-order valence-corrected chi connectivity index (χ3v) is 4.21. The molecule has 0 radical (unpaired) electrons. The lowest BCUT2D eigenvalue weighted by atomic mass is 10.3. The van der Waals surface area contributed by atoms with E-state index in [1.807, 2.05) is 41.0 Å². The van der Waals surface area contributed by atoms with Crippen LogP contribution in [0.25, 0.3) is 16.7 Å². The average molecular weight is 404 g/mol. The van der Waals surface area contributed by atoms with Gasteiger partial charge in [0, 0.05) is 8.59 Å². The molecule has 0 atom stereocenters. The molecular weight excluding hydrogens is 396 g/mol. The molecule has 0 aliphatic heterocycles. The van der Waals surface area contributed by atoms with Crippen LogP contribution >= 0.6 is 45.8 Å². The second-order valence-electron chi connectivity index (χ2n) is 4.01. The molecule has 0 saturated heterocycles. The highest BCUT2D eigenvalue weighted by atomic mass is 127. The first-order valence-electron chi connectivity index (χ1n) is 5.46. The number of nitrogen functional groups attached to an aromatic ring is 1. The Morgan fingerprint density at radius 2 is 1.95 bits per heavy atom. The largest absolute Gasteiger partial charge is 0.369 e. The van der Waals surface area contributed by atoms with Crippen molar-refractivity contribution in [3.8, 4) is 5.69 Å². The fourth-order valence-electron chi connectivity index (χ4n) is 2.01. The van der Waals surface area contributed by atoms with Gasteiger partial charge in [0.1, 0.15) is 0 Å². The maximum absolute atomic E-state index is 6.26. The van der Waals surface area contributed by atoms with Gasteiger partial charge in [-0.3, -0.25) is 4.57 Å². The number of nitrogens with zero attached hydrogens (tertiary/aromatic N) is 2. The summed E-state index contributed by atoms with van der Waals surface area (Å²) in [6.07, 6.45) is 0. The number of nitrogens with two attached hydrogens (primary N) is 1. The van der Waals surface area contributed by atoms with Crippen LogP contribution in [-0.2, 0) is 0 Å². The van der Waals surface area contributed by atoms with E-state index in [4.69, 9.17) is 28.9 Å². The van der Waals surface area contributed by atoms with E-state index >= 15 is 0 Å². The van der Waals surface area contributed by atoms with Crippen LogP contribution in [0.4, 0.5) is 5.95 Å². The van der Waals surface area contributed by atoms with Crippen LogP contribution < -0.4 is 5.73 Å². The van der Waals surface area contributed by atoms with Crippen LogP contribution in [0.2, 0.25) is 10.0 Å². The highest BCUT2D eigenvalue weighted by Crippen LogP contribution is 2.31. The van der Waals surface area contributed by atoms with Crippen molar-refractivity contribution >= 4 is 62.8 Å². The Bertz CT molecular complexity index is 783. The van der Waals surface area contributed by atoms with Crippen LogP contribution in [0.3, 0.4) is 0 Å². The molecule has 0 saturated carbocycles. The lowest BCUT2D eigenvalue weighted by Crippen LogP contribution is -2.02. The minimum atomic E-state index is 0.406. The van der Waals surface area contributed by atoms with E-state index in [1.54, 1.807) is 0 Å². The highest BCUT2D eigenvalue weighted by Gasteiger charge is 2.14. The fraction of sp³-hybridized carbons (Fsp3) is 0. The minimum absolute atomic E-state index is 0.406. The highest BCUT2D eigenvalue weighted by molar-refractivity contribution is 14.1. The Hall–Kier alpha value is -0.980. The summed E-state index contributed by atoms with van der Waals surface area (Å²) in [5.41, 5.74) is 8.51. The molecule has 3 nitrogen and oxygen atoms in total. The molecule has 96 valence electrons. The second kappa shape index (κ2) is 4.85. The Labute approximate surface area is 133 Å². The maximum Gasteiger partial charge on any atom is 0.206 e. The van der Waals surface area contributed by atoms with Gasteiger partial charge < -0.3 is 5.73 Å². The Balaban J connectivity index is 2.39. The van der Waals surface area contributed by atoms with Crippen molar-refractivity contribution in [2.24, 2.45) is 0 Å². The first kappa shape index (κ1) is 13.0. The van der Waals surface area contributed by atoms with Crippen LogP contribution in [0.15, 0.2) is 36.4 Å². The van der Waals surface area contributed by atoms with Crippen molar-refractivity contribution in [1.82, 2.24) is 9.55 Å². The monoisotopic (exact) mass is 403 g/mol. The molecule has 2 N–H and O–H groups in total. The van der Waals surface area contributed by atoms with Gasteiger partial charge in [-0.1, -0.05) is 29.3 Å². The smallest absolute Gasteiger partial charge is 0.206 e. The lowest BCUT2D eigenvalue weighted by molar-refractivity contribution is 1.10. The summed E-state index contributed by atoms with van der Waals surface area (Å²) >= 11 is 14.5. The number of rotatable bonds is 1. The summed E-state index contributed by atoms with van der Waals surface area (Å²) < 4.78 is 2.83. The van der Waals surface area contributed by atoms with Gasteiger partial charge in [-0.25, -0.2) is 4.98 Å². The van der Waals surface area contributed by atoms with Crippen molar-refractivity contribution in [2.45, 2.75) is 0 Å². The lowest BCUT2D eigenvalue weighted by Gasteiger charge is -2.10. The number of fused-ring (bicyclic) bond motifs is 1. The maximum atomic E-state index is 6.26. The molecule has 0 fully saturated rings. The van der Waals surface area contributed by atoms with Gasteiger partial charge >= 0.3 is 0 Å². The molecule has 6 heteroatoms. The molecule has 1 aromatic heterocycles. The van der Waals surface area contributed by atoms with Crippen molar-refractivity contribution in [3.05, 3.63) is 50.0 Å². The molecule has 0 amide bonds. The van der Waals surface area contributed by atoms with Crippen molar-refractivity contribution in [2.75, 3.05) is 5.73 Å². The number of halogens is 3. The van der Waals surface area contributed by atoms with Gasteiger partial charge in [0.2, 0.25) is 5.95 Å². The first-order valence-corrected chi connectivity index (χ1v) is 7.29. The van der Waals surface area contributed by atoms with Gasteiger partial charge in [0.15, 0.2) is 0 Å². The molecule has 3 aromatic rings. The van der Waals surface area contributed by atoms with E-state index in [9.17, 15) is 0 Å². The number of aromatic nitrogens is 2. The third kappa shape index (κ3) is 2.17. The van der Waals surface area contributed by atoms with E-state index in [0.717, 1.165) is 20.3 Å². The predicted octanol–water partition coefficient (Wildman–Crippen LogP) is 4.52. The summed E-state index contributed by atoms with van der Waals surface area (Å²) in [5.74, 6) is 0.406. The van der Waals surface area contributed by atoms with Crippen LogP contribution in [0.1, 0.15) is 0 Å². The normalized spacial score (nSPS) is 11.1. The summed E-state index contributed by atoms with van der Waals surface area (Å²) in [6, 6.07) is 11.2. The minimum Gasteiger partial charge on any atom is -0.369 e. The molecule has 19 heavy (non-hydrogen) atoms. The van der Waals surface area contributed by atoms with Gasteiger partial charge in [0.25, 0.3) is 0 Å². The molecule has 2 aromatic carbocycles. The predicted molar refractivity (Wildman–Crippen MR) is 88.2 cm³/mol. The summed E-state index contributed by atoms with van der Waals surface area (Å²) in [5, 5.41) is 1.30. The SMILES string of the molecule is Nc1nc2cccc(Cl)c2n1-c1ccc(Cl)cc1I. The van der Waals surface area contributed by atoms with Crippen LogP contribution in [-0.4, -0.2) is 9.55 Å². The summed E-state index contributed by atoms with van der Waals surface area (Å²) in [6.45, 7) is 0. The topological polar surface area (TPSA) is 43.8 Å². The zero-order chi connectivity index (χ0) is 13.6. The van der Waals surface area contributed by atoms with Gasteiger partial charge in [-0.05, 0) is 52.9 Å². The number of para-hydroxylation sites is 1. The third-order valence-electron chi connectivity index (χ3n) is 2.80. The molecule has 0 aliphatic carbocycles. The first-order chi connectivity index (χ1) is 9.08.